The van der Waals surface area contributed by atoms with Crippen LogP contribution in [0.3, 0.4) is 0 Å². The summed E-state index contributed by atoms with van der Waals surface area (Å²) in [7, 11) is 0. The summed E-state index contributed by atoms with van der Waals surface area (Å²) < 4.78 is 0. The number of fused-ring (bicyclic) bond motifs is 4. The predicted molar refractivity (Wildman–Crippen MR) is 77.0 cm³/mol. The Morgan fingerprint density at radius 2 is 1.38 bits per heavy atom. The van der Waals surface area contributed by atoms with Gasteiger partial charge >= 0.3 is 0 Å². The van der Waals surface area contributed by atoms with Crippen LogP contribution in [0.5, 0.6) is 0 Å². The molecule has 0 fully saturated rings. The molecule has 4 rings (SSSR count). The number of carbonyl (C=O) groups is 3. The van der Waals surface area contributed by atoms with Gasteiger partial charge in [0.15, 0.2) is 17.3 Å². The Kier molecular flexibility index (Phi) is 2.45. The molecule has 0 saturated heterocycles. The molecule has 0 unspecified atom stereocenters. The second-order valence-corrected chi connectivity index (χ2v) is 5.50. The van der Waals surface area contributed by atoms with Gasteiger partial charge in [-0.15, -0.1) is 0 Å². The van der Waals surface area contributed by atoms with Gasteiger partial charge in [0.25, 0.3) is 0 Å². The summed E-state index contributed by atoms with van der Waals surface area (Å²) in [4.78, 5) is 37.6. The fourth-order valence-corrected chi connectivity index (χ4v) is 3.32. The smallest absolute Gasteiger partial charge is 0.195 e. The lowest BCUT2D eigenvalue weighted by Crippen LogP contribution is -2.26. The van der Waals surface area contributed by atoms with E-state index in [4.69, 9.17) is 0 Å². The van der Waals surface area contributed by atoms with Gasteiger partial charge in [0.05, 0.1) is 0 Å². The molecule has 0 aromatic heterocycles. The van der Waals surface area contributed by atoms with Gasteiger partial charge in [0.2, 0.25) is 0 Å². The van der Waals surface area contributed by atoms with E-state index in [1.54, 1.807) is 30.3 Å². The van der Waals surface area contributed by atoms with Gasteiger partial charge < -0.3 is 0 Å². The van der Waals surface area contributed by atoms with E-state index in [9.17, 15) is 14.4 Å². The molecule has 0 amide bonds. The molecule has 0 atom stereocenters. The Labute approximate surface area is 121 Å². The number of ketones is 3. The molecule has 2 aliphatic rings. The summed E-state index contributed by atoms with van der Waals surface area (Å²) in [5.74, 6) is -0.387. The van der Waals surface area contributed by atoms with Crippen LogP contribution in [-0.4, -0.2) is 17.3 Å². The largest absolute Gasteiger partial charge is 0.294 e. The van der Waals surface area contributed by atoms with E-state index >= 15 is 0 Å². The van der Waals surface area contributed by atoms with Crippen LogP contribution in [-0.2, 0) is 6.42 Å². The molecular weight excluding hydrogens is 264 g/mol. The zero-order valence-corrected chi connectivity index (χ0v) is 11.3. The number of carbonyl (C=O) groups excluding carboxylic acids is 3. The average Bonchev–Trinajstić information content (AvgIpc) is 2.52. The van der Waals surface area contributed by atoms with Crippen LogP contribution in [0, 0.1) is 0 Å². The van der Waals surface area contributed by atoms with Gasteiger partial charge in [-0.2, -0.15) is 0 Å². The van der Waals surface area contributed by atoms with Crippen LogP contribution in [0.25, 0.3) is 0 Å². The number of aryl methyl sites for hydroxylation is 1. The van der Waals surface area contributed by atoms with E-state index in [0.29, 0.717) is 34.2 Å². The zero-order valence-electron chi connectivity index (χ0n) is 11.3. The van der Waals surface area contributed by atoms with Crippen LogP contribution < -0.4 is 0 Å². The Bertz CT molecular complexity index is 830. The maximum Gasteiger partial charge on any atom is 0.195 e. The maximum absolute atomic E-state index is 12.8. The van der Waals surface area contributed by atoms with E-state index in [0.717, 1.165) is 18.4 Å². The molecule has 2 aliphatic carbocycles. The number of hydrogen-bond donors (Lipinski definition) is 0. The van der Waals surface area contributed by atoms with Gasteiger partial charge in [-0.3, -0.25) is 14.4 Å². The molecule has 0 saturated carbocycles. The monoisotopic (exact) mass is 276 g/mol. The highest BCUT2D eigenvalue weighted by molar-refractivity contribution is 6.31. The van der Waals surface area contributed by atoms with Gasteiger partial charge in [0.1, 0.15) is 0 Å². The summed E-state index contributed by atoms with van der Waals surface area (Å²) in [5.41, 5.74) is 2.89. The first-order chi connectivity index (χ1) is 10.2. The molecule has 0 bridgehead atoms. The highest BCUT2D eigenvalue weighted by Crippen LogP contribution is 2.34. The van der Waals surface area contributed by atoms with Gasteiger partial charge in [-0.25, -0.2) is 0 Å². The quantitative estimate of drug-likeness (QED) is 0.634. The number of hydrogen-bond acceptors (Lipinski definition) is 3. The Hall–Kier alpha value is -2.55. The lowest BCUT2D eigenvalue weighted by molar-refractivity contribution is 0.0949. The van der Waals surface area contributed by atoms with E-state index in [2.05, 4.69) is 0 Å². The molecule has 0 aliphatic heterocycles. The lowest BCUT2D eigenvalue weighted by atomic mass is 9.77. The summed E-state index contributed by atoms with van der Waals surface area (Å²) >= 11 is 0. The SMILES string of the molecule is O=C1c2ccccc2C(=O)c2c1ccc1c2C(=O)CCC1. The third-order valence-corrected chi connectivity index (χ3v) is 4.31. The molecule has 2 aromatic rings. The molecule has 102 valence electrons. The van der Waals surface area contributed by atoms with Crippen LogP contribution in [0.4, 0.5) is 0 Å². The minimum Gasteiger partial charge on any atom is -0.294 e. The van der Waals surface area contributed by atoms with Crippen molar-refractivity contribution in [2.75, 3.05) is 0 Å². The first kappa shape index (κ1) is 12.2. The van der Waals surface area contributed by atoms with Gasteiger partial charge in [-0.05, 0) is 24.5 Å². The highest BCUT2D eigenvalue weighted by Gasteiger charge is 2.34. The molecule has 3 heteroatoms. The molecule has 0 heterocycles. The second kappa shape index (κ2) is 4.22. The van der Waals surface area contributed by atoms with E-state index in [-0.39, 0.29) is 17.3 Å². The summed E-state index contributed by atoms with van der Waals surface area (Å²) in [6.07, 6.45) is 2.05. The van der Waals surface area contributed by atoms with Crippen molar-refractivity contribution in [2.45, 2.75) is 19.3 Å². The molecule has 21 heavy (non-hydrogen) atoms. The van der Waals surface area contributed by atoms with Crippen molar-refractivity contribution in [1.29, 1.82) is 0 Å². The summed E-state index contributed by atoms with van der Waals surface area (Å²) in [5, 5.41) is 0. The van der Waals surface area contributed by atoms with Crippen molar-refractivity contribution in [3.8, 4) is 0 Å². The van der Waals surface area contributed by atoms with Crippen LogP contribution >= 0.6 is 0 Å². The fraction of sp³-hybridized carbons (Fsp3) is 0.167. The fourth-order valence-electron chi connectivity index (χ4n) is 3.32. The van der Waals surface area contributed by atoms with Crippen molar-refractivity contribution >= 4 is 17.3 Å². The van der Waals surface area contributed by atoms with Crippen molar-refractivity contribution < 1.29 is 14.4 Å². The van der Waals surface area contributed by atoms with Crippen molar-refractivity contribution in [2.24, 2.45) is 0 Å². The zero-order chi connectivity index (χ0) is 14.6. The minimum atomic E-state index is -0.202. The summed E-state index contributed by atoms with van der Waals surface area (Å²) in [6.45, 7) is 0. The second-order valence-electron chi connectivity index (χ2n) is 5.50. The maximum atomic E-state index is 12.8. The van der Waals surface area contributed by atoms with Crippen molar-refractivity contribution in [3.63, 3.8) is 0 Å². The standard InChI is InChI=1S/C18H12O3/c19-14-7-3-4-10-8-9-13-16(15(10)14)18(21)12-6-2-1-5-11(12)17(13)20/h1-2,5-6,8-9H,3-4,7H2. The number of benzene rings is 2. The molecular formula is C18H12O3. The highest BCUT2D eigenvalue weighted by atomic mass is 16.1. The first-order valence-corrected chi connectivity index (χ1v) is 7.06. The van der Waals surface area contributed by atoms with Crippen molar-refractivity contribution in [1.82, 2.24) is 0 Å². The normalized spacial score (nSPS) is 16.3. The van der Waals surface area contributed by atoms with E-state index in [1.807, 2.05) is 6.07 Å². The Morgan fingerprint density at radius 1 is 0.667 bits per heavy atom. The van der Waals surface area contributed by atoms with E-state index < -0.39 is 0 Å². The van der Waals surface area contributed by atoms with Gasteiger partial charge in [0, 0.05) is 34.2 Å². The number of Topliss-reactive ketones (excluding diaryl/α,β-unsaturated/α-hetero) is 1. The molecule has 3 nitrogen and oxygen atoms in total. The van der Waals surface area contributed by atoms with Crippen molar-refractivity contribution in [3.05, 3.63) is 69.8 Å². The Balaban J connectivity index is 2.06. The third-order valence-electron chi connectivity index (χ3n) is 4.31. The first-order valence-electron chi connectivity index (χ1n) is 7.06. The van der Waals surface area contributed by atoms with E-state index in [1.165, 1.54) is 0 Å². The van der Waals surface area contributed by atoms with Crippen LogP contribution in [0.1, 0.15) is 60.6 Å². The third kappa shape index (κ3) is 1.57. The molecule has 0 spiro atoms. The molecule has 0 N–H and O–H groups in total. The number of rotatable bonds is 0. The minimum absolute atomic E-state index is 0.0198. The Morgan fingerprint density at radius 3 is 2.14 bits per heavy atom. The molecule has 0 radical (unpaired) electrons. The average molecular weight is 276 g/mol. The predicted octanol–water partition coefficient (Wildman–Crippen LogP) is 2.98. The molecule has 2 aromatic carbocycles. The van der Waals surface area contributed by atoms with Gasteiger partial charge in [-0.1, -0.05) is 30.3 Å². The van der Waals surface area contributed by atoms with Crippen LogP contribution in [0.15, 0.2) is 36.4 Å². The van der Waals surface area contributed by atoms with Crippen LogP contribution in [0.2, 0.25) is 0 Å². The lowest BCUT2D eigenvalue weighted by Gasteiger charge is -2.24. The summed E-state index contributed by atoms with van der Waals surface area (Å²) in [6, 6.07) is 10.3. The topological polar surface area (TPSA) is 51.2 Å².